The van der Waals surface area contributed by atoms with Crippen LogP contribution in [0.4, 0.5) is 0 Å². The smallest absolute Gasteiger partial charge is 0.197 e. The molecule has 4 rings (SSSR count). The van der Waals surface area contributed by atoms with Gasteiger partial charge in [-0.25, -0.2) is 0 Å². The normalized spacial score (nSPS) is 25.7. The SMILES string of the molecule is COc1cc2oc(-c3ccc(O)cc3)cc(=O)c2c(O)c1[C@@H]1OC(CO)[C@@H](O)C(O)[C@@H]1O. The summed E-state index contributed by atoms with van der Waals surface area (Å²) in [6.07, 6.45) is -7.59. The zero-order chi connectivity index (χ0) is 23.2. The van der Waals surface area contributed by atoms with Gasteiger partial charge < -0.3 is 44.5 Å². The molecular formula is C22H22O10. The highest BCUT2D eigenvalue weighted by molar-refractivity contribution is 5.88. The van der Waals surface area contributed by atoms with Crippen molar-refractivity contribution < 1.29 is 44.5 Å². The van der Waals surface area contributed by atoms with Crippen molar-refractivity contribution in [3.8, 4) is 28.6 Å². The Morgan fingerprint density at radius 3 is 2.31 bits per heavy atom. The van der Waals surface area contributed by atoms with E-state index in [2.05, 4.69) is 0 Å². The lowest BCUT2D eigenvalue weighted by Crippen LogP contribution is -2.55. The number of hydrogen-bond acceptors (Lipinski definition) is 10. The first-order valence-corrected chi connectivity index (χ1v) is 9.74. The maximum atomic E-state index is 12.9. The minimum Gasteiger partial charge on any atom is -0.508 e. The van der Waals surface area contributed by atoms with E-state index in [-0.39, 0.29) is 33.8 Å². The first-order valence-electron chi connectivity index (χ1n) is 9.74. The molecule has 0 amide bonds. The molecule has 2 heterocycles. The Hall–Kier alpha value is -3.15. The molecule has 1 saturated heterocycles. The summed E-state index contributed by atoms with van der Waals surface area (Å²) < 4.78 is 16.6. The van der Waals surface area contributed by atoms with Gasteiger partial charge in [0.25, 0.3) is 0 Å². The second-order valence-corrected chi connectivity index (χ2v) is 7.49. The molecule has 170 valence electrons. The highest BCUT2D eigenvalue weighted by Gasteiger charge is 2.46. The van der Waals surface area contributed by atoms with Gasteiger partial charge in [-0.3, -0.25) is 4.79 Å². The van der Waals surface area contributed by atoms with E-state index in [1.807, 2.05) is 0 Å². The van der Waals surface area contributed by atoms with E-state index in [1.165, 1.54) is 25.3 Å². The highest BCUT2D eigenvalue weighted by atomic mass is 16.5. The third kappa shape index (κ3) is 3.57. The van der Waals surface area contributed by atoms with Crippen LogP contribution in [0.3, 0.4) is 0 Å². The number of benzene rings is 2. The predicted molar refractivity (Wildman–Crippen MR) is 111 cm³/mol. The Morgan fingerprint density at radius 2 is 1.69 bits per heavy atom. The molecule has 0 radical (unpaired) electrons. The van der Waals surface area contributed by atoms with Crippen LogP contribution in [0, 0.1) is 0 Å². The van der Waals surface area contributed by atoms with Gasteiger partial charge in [-0.2, -0.15) is 0 Å². The molecule has 10 heteroatoms. The van der Waals surface area contributed by atoms with Crippen molar-refractivity contribution in [3.63, 3.8) is 0 Å². The third-order valence-corrected chi connectivity index (χ3v) is 5.54. The standard InChI is InChI=1S/C22H22O10/c1-30-13-7-14-16(11(25)6-12(31-14)9-2-4-10(24)5-3-9)19(27)17(13)22-21(29)20(28)18(26)15(8-23)32-22/h2-7,15,18,20-24,26-29H,8H2,1H3/t15?,18-,20?,21+,22+/m1/s1. The number of ether oxygens (including phenoxy) is 2. The van der Waals surface area contributed by atoms with Crippen LogP contribution in [0.25, 0.3) is 22.3 Å². The van der Waals surface area contributed by atoms with Crippen molar-refractivity contribution in [1.29, 1.82) is 0 Å². The highest BCUT2D eigenvalue weighted by Crippen LogP contribution is 2.45. The number of phenolic OH excluding ortho intramolecular Hbond substituents is 2. The summed E-state index contributed by atoms with van der Waals surface area (Å²) in [4.78, 5) is 12.9. The molecular weight excluding hydrogens is 424 g/mol. The van der Waals surface area contributed by atoms with Crippen molar-refractivity contribution in [2.75, 3.05) is 13.7 Å². The van der Waals surface area contributed by atoms with Gasteiger partial charge in [0.2, 0.25) is 0 Å². The zero-order valence-electron chi connectivity index (χ0n) is 16.9. The maximum Gasteiger partial charge on any atom is 0.197 e. The Labute approximate surface area is 181 Å². The summed E-state index contributed by atoms with van der Waals surface area (Å²) in [6, 6.07) is 8.46. The molecule has 0 saturated carbocycles. The molecule has 0 spiro atoms. The zero-order valence-corrected chi connectivity index (χ0v) is 16.9. The van der Waals surface area contributed by atoms with E-state index in [0.29, 0.717) is 5.56 Å². The van der Waals surface area contributed by atoms with Crippen LogP contribution in [0.15, 0.2) is 45.6 Å². The van der Waals surface area contributed by atoms with Gasteiger partial charge in [0.05, 0.1) is 19.3 Å². The van der Waals surface area contributed by atoms with Crippen LogP contribution in [0.2, 0.25) is 0 Å². The molecule has 2 unspecified atom stereocenters. The van der Waals surface area contributed by atoms with Crippen LogP contribution in [-0.2, 0) is 4.74 Å². The second-order valence-electron chi connectivity index (χ2n) is 7.49. The summed E-state index contributed by atoms with van der Waals surface area (Å²) in [6.45, 7) is -0.657. The van der Waals surface area contributed by atoms with Gasteiger partial charge >= 0.3 is 0 Å². The van der Waals surface area contributed by atoms with Crippen molar-refractivity contribution in [3.05, 3.63) is 52.2 Å². The Balaban J connectivity index is 1.89. The van der Waals surface area contributed by atoms with Gasteiger partial charge in [-0.15, -0.1) is 0 Å². The number of aromatic hydroxyl groups is 2. The summed E-state index contributed by atoms with van der Waals surface area (Å²) in [5.74, 6) is -0.370. The van der Waals surface area contributed by atoms with Crippen LogP contribution in [-0.4, -0.2) is 68.8 Å². The summed E-state index contributed by atoms with van der Waals surface area (Å²) in [5.41, 5.74) is -0.233. The van der Waals surface area contributed by atoms with Crippen LogP contribution >= 0.6 is 0 Å². The predicted octanol–water partition coefficient (Wildman–Crippen LogP) is 0.395. The van der Waals surface area contributed by atoms with E-state index >= 15 is 0 Å². The molecule has 10 nitrogen and oxygen atoms in total. The van der Waals surface area contributed by atoms with Crippen LogP contribution < -0.4 is 10.2 Å². The van der Waals surface area contributed by atoms with Gasteiger partial charge in [0.1, 0.15) is 64.5 Å². The fourth-order valence-corrected chi connectivity index (χ4v) is 3.85. The molecule has 1 aliphatic heterocycles. The number of rotatable bonds is 4. The molecule has 1 aliphatic rings. The van der Waals surface area contributed by atoms with E-state index in [1.54, 1.807) is 12.1 Å². The van der Waals surface area contributed by atoms with Crippen molar-refractivity contribution >= 4 is 11.0 Å². The molecule has 6 N–H and O–H groups in total. The van der Waals surface area contributed by atoms with Crippen molar-refractivity contribution in [1.82, 2.24) is 0 Å². The average molecular weight is 446 g/mol. The number of aliphatic hydroxyl groups is 4. The number of hydrogen-bond donors (Lipinski definition) is 6. The fourth-order valence-electron chi connectivity index (χ4n) is 3.85. The molecule has 32 heavy (non-hydrogen) atoms. The average Bonchev–Trinajstić information content (AvgIpc) is 2.78. The molecule has 1 fully saturated rings. The minimum absolute atomic E-state index is 0.00895. The summed E-state index contributed by atoms with van der Waals surface area (Å²) in [7, 11) is 1.29. The molecule has 1 aromatic heterocycles. The van der Waals surface area contributed by atoms with Gasteiger partial charge in [0, 0.05) is 17.7 Å². The molecule has 2 aromatic carbocycles. The largest absolute Gasteiger partial charge is 0.508 e. The van der Waals surface area contributed by atoms with Gasteiger partial charge in [-0.1, -0.05) is 0 Å². The molecule has 0 bridgehead atoms. The van der Waals surface area contributed by atoms with E-state index in [0.717, 1.165) is 6.07 Å². The molecule has 0 aliphatic carbocycles. The lowest BCUT2D eigenvalue weighted by Gasteiger charge is -2.40. The number of methoxy groups -OCH3 is 1. The maximum absolute atomic E-state index is 12.9. The molecule has 3 aromatic rings. The third-order valence-electron chi connectivity index (χ3n) is 5.54. The number of phenols is 2. The van der Waals surface area contributed by atoms with E-state index < -0.39 is 48.3 Å². The van der Waals surface area contributed by atoms with Gasteiger partial charge in [-0.05, 0) is 24.3 Å². The topological polar surface area (TPSA) is 170 Å². The number of aliphatic hydroxyl groups excluding tert-OH is 4. The monoisotopic (exact) mass is 446 g/mol. The lowest BCUT2D eigenvalue weighted by atomic mass is 9.89. The lowest BCUT2D eigenvalue weighted by molar-refractivity contribution is -0.232. The minimum atomic E-state index is -1.69. The second kappa shape index (κ2) is 8.41. The number of fused-ring (bicyclic) bond motifs is 1. The van der Waals surface area contributed by atoms with Gasteiger partial charge in [0.15, 0.2) is 5.43 Å². The first kappa shape index (κ1) is 22.1. The Kier molecular flexibility index (Phi) is 5.80. The quantitative estimate of drug-likeness (QED) is 0.330. The van der Waals surface area contributed by atoms with Crippen LogP contribution in [0.5, 0.6) is 17.2 Å². The Morgan fingerprint density at radius 1 is 1.00 bits per heavy atom. The summed E-state index contributed by atoms with van der Waals surface area (Å²) >= 11 is 0. The molecule has 5 atom stereocenters. The fraction of sp³-hybridized carbons (Fsp3) is 0.318. The first-order chi connectivity index (χ1) is 15.3. The van der Waals surface area contributed by atoms with Crippen LogP contribution in [0.1, 0.15) is 11.7 Å². The van der Waals surface area contributed by atoms with Crippen molar-refractivity contribution in [2.24, 2.45) is 0 Å². The van der Waals surface area contributed by atoms with E-state index in [9.17, 15) is 35.4 Å². The van der Waals surface area contributed by atoms with Crippen molar-refractivity contribution in [2.45, 2.75) is 30.5 Å². The Bertz CT molecular complexity index is 1180. The van der Waals surface area contributed by atoms with E-state index in [4.69, 9.17) is 13.9 Å². The summed E-state index contributed by atoms with van der Waals surface area (Å²) in [5, 5.41) is 60.3.